The van der Waals surface area contributed by atoms with E-state index in [1.807, 2.05) is 71.8 Å². The summed E-state index contributed by atoms with van der Waals surface area (Å²) in [4.78, 5) is 19.6. The molecular formula is C26H22N4O. The fraction of sp³-hybridized carbons (Fsp3) is 0.115. The van der Waals surface area contributed by atoms with Crippen LogP contribution in [0.1, 0.15) is 22.3 Å². The number of amides is 1. The zero-order chi connectivity index (χ0) is 21.0. The van der Waals surface area contributed by atoms with Gasteiger partial charge in [0.25, 0.3) is 5.91 Å². The smallest absolute Gasteiger partial charge is 0.258 e. The van der Waals surface area contributed by atoms with Gasteiger partial charge in [0.2, 0.25) is 0 Å². The molecule has 1 aliphatic heterocycles. The zero-order valence-electron chi connectivity index (χ0n) is 17.1. The largest absolute Gasteiger partial charge is 0.334 e. The highest BCUT2D eigenvalue weighted by Gasteiger charge is 2.25. The van der Waals surface area contributed by atoms with Crippen LogP contribution in [-0.2, 0) is 0 Å². The quantitative estimate of drug-likeness (QED) is 0.486. The lowest BCUT2D eigenvalue weighted by Gasteiger charge is -2.26. The summed E-state index contributed by atoms with van der Waals surface area (Å²) in [5.41, 5.74) is 5.50. The first kappa shape index (κ1) is 19.0. The van der Waals surface area contributed by atoms with Crippen LogP contribution in [-0.4, -0.2) is 38.7 Å². The number of hydrogen-bond acceptors (Lipinski definition) is 3. The Balaban J connectivity index is 1.47. The highest BCUT2D eigenvalue weighted by molar-refractivity contribution is 6.00. The van der Waals surface area contributed by atoms with Crippen molar-refractivity contribution >= 4 is 11.5 Å². The normalized spacial score (nSPS) is 13.7. The average molecular weight is 406 g/mol. The molecule has 0 saturated carbocycles. The number of nitrogens with zero attached hydrogens (tertiary/aromatic N) is 4. The average Bonchev–Trinajstić information content (AvgIpc) is 3.31. The molecule has 1 aliphatic rings. The predicted octanol–water partition coefficient (Wildman–Crippen LogP) is 4.86. The Morgan fingerprint density at radius 1 is 0.871 bits per heavy atom. The molecule has 3 heterocycles. The maximum atomic E-state index is 13.5. The van der Waals surface area contributed by atoms with Crippen LogP contribution in [0.4, 0.5) is 0 Å². The van der Waals surface area contributed by atoms with Gasteiger partial charge in [-0.15, -0.1) is 0 Å². The molecule has 0 aliphatic carbocycles. The topological polar surface area (TPSA) is 51.0 Å². The van der Waals surface area contributed by atoms with Gasteiger partial charge in [0, 0.05) is 37.2 Å². The summed E-state index contributed by atoms with van der Waals surface area (Å²) >= 11 is 0. The number of hydrogen-bond donors (Lipinski definition) is 0. The molecule has 4 aromatic rings. The maximum Gasteiger partial charge on any atom is 0.258 e. The van der Waals surface area contributed by atoms with Gasteiger partial charge in [-0.1, -0.05) is 54.6 Å². The predicted molar refractivity (Wildman–Crippen MR) is 122 cm³/mol. The van der Waals surface area contributed by atoms with Gasteiger partial charge < -0.3 is 4.90 Å². The maximum absolute atomic E-state index is 13.5. The molecular weight excluding hydrogens is 384 g/mol. The Hall–Kier alpha value is -3.99. The van der Waals surface area contributed by atoms with Crippen LogP contribution in [0.2, 0.25) is 0 Å². The minimum atomic E-state index is -0.00982. The van der Waals surface area contributed by atoms with E-state index >= 15 is 0 Å². The van der Waals surface area contributed by atoms with E-state index in [0.717, 1.165) is 17.7 Å². The molecule has 5 nitrogen and oxygen atoms in total. The molecule has 0 N–H and O–H groups in total. The number of rotatable bonds is 4. The van der Waals surface area contributed by atoms with Gasteiger partial charge in [-0.05, 0) is 41.8 Å². The standard InChI is InChI=1S/C26H22N4O/c31-26(29-16-13-21(14-17-29)20-8-3-1-4-9-20)24-19-30(23-11-5-2-6-12-23)28-25(24)22-10-7-15-27-18-22/h1-13,15,18-19H,14,16-17H2. The van der Waals surface area contributed by atoms with Crippen molar-refractivity contribution in [2.24, 2.45) is 0 Å². The van der Waals surface area contributed by atoms with Crippen LogP contribution in [0.15, 0.2) is 97.5 Å². The zero-order valence-corrected chi connectivity index (χ0v) is 17.1. The van der Waals surface area contributed by atoms with Crippen molar-refractivity contribution in [1.29, 1.82) is 0 Å². The van der Waals surface area contributed by atoms with E-state index in [4.69, 9.17) is 5.10 Å². The van der Waals surface area contributed by atoms with E-state index in [-0.39, 0.29) is 5.91 Å². The third-order valence-electron chi connectivity index (χ3n) is 5.54. The first-order chi connectivity index (χ1) is 15.3. The molecule has 2 aromatic carbocycles. The molecule has 5 rings (SSSR count). The fourth-order valence-corrected chi connectivity index (χ4v) is 3.90. The van der Waals surface area contributed by atoms with Crippen LogP contribution in [0.3, 0.4) is 0 Å². The number of benzene rings is 2. The molecule has 2 aromatic heterocycles. The molecule has 0 bridgehead atoms. The summed E-state index contributed by atoms with van der Waals surface area (Å²) in [6.45, 7) is 1.27. The van der Waals surface area contributed by atoms with Gasteiger partial charge in [0.05, 0.1) is 11.3 Å². The minimum Gasteiger partial charge on any atom is -0.334 e. The Kier molecular flexibility index (Phi) is 5.15. The lowest BCUT2D eigenvalue weighted by Crippen LogP contribution is -2.34. The second kappa shape index (κ2) is 8.40. The molecule has 0 spiro atoms. The lowest BCUT2D eigenvalue weighted by molar-refractivity contribution is 0.0773. The summed E-state index contributed by atoms with van der Waals surface area (Å²) in [6, 6.07) is 24.0. The summed E-state index contributed by atoms with van der Waals surface area (Å²) in [5.74, 6) is -0.00982. The number of pyridine rings is 1. The van der Waals surface area contributed by atoms with Gasteiger partial charge in [-0.3, -0.25) is 9.78 Å². The monoisotopic (exact) mass is 406 g/mol. The van der Waals surface area contributed by atoms with Crippen molar-refractivity contribution in [2.75, 3.05) is 13.1 Å². The number of carbonyl (C=O) groups is 1. The summed E-state index contributed by atoms with van der Waals surface area (Å²) in [5, 5.41) is 4.74. The Morgan fingerprint density at radius 2 is 1.61 bits per heavy atom. The highest BCUT2D eigenvalue weighted by Crippen LogP contribution is 2.27. The van der Waals surface area contributed by atoms with Crippen molar-refractivity contribution in [3.05, 3.63) is 109 Å². The molecule has 0 saturated heterocycles. The molecule has 0 atom stereocenters. The fourth-order valence-electron chi connectivity index (χ4n) is 3.90. The van der Waals surface area contributed by atoms with Gasteiger partial charge in [0.15, 0.2) is 0 Å². The lowest BCUT2D eigenvalue weighted by atomic mass is 9.99. The molecule has 1 amide bonds. The van der Waals surface area contributed by atoms with Crippen molar-refractivity contribution in [2.45, 2.75) is 6.42 Å². The van der Waals surface area contributed by atoms with Gasteiger partial charge in [-0.2, -0.15) is 5.10 Å². The molecule has 152 valence electrons. The third-order valence-corrected chi connectivity index (χ3v) is 5.54. The van der Waals surface area contributed by atoms with Crippen molar-refractivity contribution < 1.29 is 4.79 Å². The summed E-state index contributed by atoms with van der Waals surface area (Å²) < 4.78 is 1.77. The van der Waals surface area contributed by atoms with Crippen LogP contribution >= 0.6 is 0 Å². The van der Waals surface area contributed by atoms with E-state index < -0.39 is 0 Å². The number of aromatic nitrogens is 3. The van der Waals surface area contributed by atoms with Gasteiger partial charge >= 0.3 is 0 Å². The number of carbonyl (C=O) groups excluding carboxylic acids is 1. The van der Waals surface area contributed by atoms with Crippen LogP contribution < -0.4 is 0 Å². The van der Waals surface area contributed by atoms with Crippen molar-refractivity contribution in [3.63, 3.8) is 0 Å². The molecule has 0 radical (unpaired) electrons. The highest BCUT2D eigenvalue weighted by atomic mass is 16.2. The second-order valence-electron chi connectivity index (χ2n) is 7.51. The SMILES string of the molecule is O=C(c1cn(-c2ccccc2)nc1-c1cccnc1)N1CC=C(c2ccccc2)CC1. The van der Waals surface area contributed by atoms with Crippen molar-refractivity contribution in [1.82, 2.24) is 19.7 Å². The first-order valence-corrected chi connectivity index (χ1v) is 10.4. The molecule has 5 heteroatoms. The molecule has 31 heavy (non-hydrogen) atoms. The van der Waals surface area contributed by atoms with Crippen LogP contribution in [0.5, 0.6) is 0 Å². The minimum absolute atomic E-state index is 0.00982. The van der Waals surface area contributed by atoms with E-state index in [1.54, 1.807) is 17.1 Å². The Morgan fingerprint density at radius 3 is 2.29 bits per heavy atom. The Bertz CT molecular complexity index is 1210. The van der Waals surface area contributed by atoms with E-state index in [0.29, 0.717) is 24.3 Å². The summed E-state index contributed by atoms with van der Waals surface area (Å²) in [7, 11) is 0. The summed E-state index contributed by atoms with van der Waals surface area (Å²) in [6.07, 6.45) is 8.29. The third kappa shape index (κ3) is 3.90. The first-order valence-electron chi connectivity index (χ1n) is 10.4. The van der Waals surface area contributed by atoms with E-state index in [1.165, 1.54) is 11.1 Å². The molecule has 0 fully saturated rings. The van der Waals surface area contributed by atoms with Crippen LogP contribution in [0, 0.1) is 0 Å². The second-order valence-corrected chi connectivity index (χ2v) is 7.51. The van der Waals surface area contributed by atoms with Crippen molar-refractivity contribution in [3.8, 4) is 16.9 Å². The van der Waals surface area contributed by atoms with Gasteiger partial charge in [-0.25, -0.2) is 4.68 Å². The van der Waals surface area contributed by atoms with Gasteiger partial charge in [0.1, 0.15) is 5.69 Å². The molecule has 0 unspecified atom stereocenters. The van der Waals surface area contributed by atoms with E-state index in [9.17, 15) is 4.79 Å². The number of para-hydroxylation sites is 1. The Labute approximate surface area is 181 Å². The van der Waals surface area contributed by atoms with E-state index in [2.05, 4.69) is 23.2 Å². The van der Waals surface area contributed by atoms with Crippen LogP contribution in [0.25, 0.3) is 22.5 Å².